The summed E-state index contributed by atoms with van der Waals surface area (Å²) < 4.78 is 47.5. The van der Waals surface area contributed by atoms with Crippen LogP contribution in [-0.2, 0) is 41.8 Å². The number of carbonyl (C=O) groups is 2. The van der Waals surface area contributed by atoms with Crippen molar-refractivity contribution < 1.29 is 61.6 Å². The number of ether oxygens (including phenoxy) is 2. The molecule has 0 rings (SSSR count). The Hall–Kier alpha value is -0.880. The van der Waals surface area contributed by atoms with E-state index in [4.69, 9.17) is 23.8 Å². The Morgan fingerprint density at radius 1 is 0.531 bits per heavy atom. The van der Waals surface area contributed by atoms with Crippen molar-refractivity contribution in [1.82, 2.24) is 0 Å². The first kappa shape index (κ1) is 48.1. The average Bonchev–Trinajstić information content (AvgIpc) is 3.01. The molecule has 13 nitrogen and oxygen atoms in total. The number of phosphoric acid groups is 2. The highest BCUT2D eigenvalue weighted by atomic mass is 31.2. The summed E-state index contributed by atoms with van der Waals surface area (Å²) in [5, 5.41) is 9.69. The molecular weight excluding hydrogens is 678 g/mol. The Labute approximate surface area is 295 Å². The number of carbonyl (C=O) groups excluding carboxylic acids is 2. The molecule has 0 bridgehead atoms. The van der Waals surface area contributed by atoms with Gasteiger partial charge in [-0.1, -0.05) is 130 Å². The van der Waals surface area contributed by atoms with E-state index in [1.807, 2.05) is 0 Å². The normalized spacial score (nSPS) is 14.6. The van der Waals surface area contributed by atoms with Crippen LogP contribution in [0, 0.1) is 11.8 Å². The van der Waals surface area contributed by atoms with E-state index in [-0.39, 0.29) is 19.4 Å². The van der Waals surface area contributed by atoms with Gasteiger partial charge in [0.2, 0.25) is 0 Å². The van der Waals surface area contributed by atoms with Gasteiger partial charge in [0.25, 0.3) is 0 Å². The summed E-state index contributed by atoms with van der Waals surface area (Å²) >= 11 is 0. The van der Waals surface area contributed by atoms with Crippen molar-refractivity contribution in [1.29, 1.82) is 0 Å². The number of phosphoric ester groups is 2. The van der Waals surface area contributed by atoms with Crippen LogP contribution in [0.2, 0.25) is 0 Å². The first-order chi connectivity index (χ1) is 23.1. The smallest absolute Gasteiger partial charge is 0.462 e. The fraction of sp³-hybridized carbons (Fsp3) is 0.941. The van der Waals surface area contributed by atoms with Crippen LogP contribution in [-0.4, -0.2) is 70.4 Å². The van der Waals surface area contributed by atoms with Gasteiger partial charge in [-0.15, -0.1) is 0 Å². The van der Waals surface area contributed by atoms with Crippen LogP contribution in [0.5, 0.6) is 0 Å². The molecule has 0 fully saturated rings. The predicted octanol–water partition coefficient (Wildman–Crippen LogP) is 8.16. The Kier molecular flexibility index (Phi) is 29.1. The monoisotopic (exact) mass is 746 g/mol. The molecule has 0 aliphatic rings. The molecule has 49 heavy (non-hydrogen) atoms. The summed E-state index contributed by atoms with van der Waals surface area (Å²) in [6, 6.07) is 0. The molecule has 0 radical (unpaired) electrons. The van der Waals surface area contributed by atoms with Crippen molar-refractivity contribution in [3.8, 4) is 0 Å². The molecule has 0 spiro atoms. The van der Waals surface area contributed by atoms with Gasteiger partial charge in [0, 0.05) is 12.8 Å². The van der Waals surface area contributed by atoms with Gasteiger partial charge in [0.1, 0.15) is 12.7 Å². The minimum atomic E-state index is -4.85. The van der Waals surface area contributed by atoms with Crippen LogP contribution in [0.15, 0.2) is 0 Å². The molecule has 0 saturated heterocycles. The van der Waals surface area contributed by atoms with Crippen LogP contribution in [0.4, 0.5) is 0 Å². The lowest BCUT2D eigenvalue weighted by molar-refractivity contribution is -0.161. The molecule has 1 unspecified atom stereocenters. The highest BCUT2D eigenvalue weighted by Gasteiger charge is 2.28. The minimum Gasteiger partial charge on any atom is -0.462 e. The van der Waals surface area contributed by atoms with Crippen LogP contribution in [0.1, 0.15) is 156 Å². The largest absolute Gasteiger partial charge is 0.472 e. The van der Waals surface area contributed by atoms with Crippen molar-refractivity contribution in [3.63, 3.8) is 0 Å². The van der Waals surface area contributed by atoms with E-state index in [0.29, 0.717) is 12.8 Å². The summed E-state index contributed by atoms with van der Waals surface area (Å²) in [4.78, 5) is 52.3. The molecule has 15 heteroatoms. The van der Waals surface area contributed by atoms with Gasteiger partial charge in [-0.3, -0.25) is 23.2 Å². The maximum atomic E-state index is 12.5. The molecule has 0 heterocycles. The summed E-state index contributed by atoms with van der Waals surface area (Å²) in [5.41, 5.74) is 0. The van der Waals surface area contributed by atoms with E-state index in [9.17, 15) is 28.7 Å². The third kappa shape index (κ3) is 35.3. The van der Waals surface area contributed by atoms with Gasteiger partial charge in [-0.05, 0) is 24.7 Å². The number of unbranched alkanes of at least 4 members (excludes halogenated alkanes) is 14. The molecule has 0 aliphatic carbocycles. The third-order valence-corrected chi connectivity index (χ3v) is 9.28. The van der Waals surface area contributed by atoms with Crippen LogP contribution >= 0.6 is 15.6 Å². The Balaban J connectivity index is 4.60. The van der Waals surface area contributed by atoms with E-state index in [0.717, 1.165) is 50.4 Å². The molecule has 4 N–H and O–H groups in total. The molecular formula is C34H68O13P2. The fourth-order valence-corrected chi connectivity index (χ4v) is 6.17. The zero-order chi connectivity index (χ0) is 37.0. The van der Waals surface area contributed by atoms with Gasteiger partial charge < -0.3 is 29.3 Å². The van der Waals surface area contributed by atoms with Gasteiger partial charge in [0.05, 0.1) is 19.8 Å². The van der Waals surface area contributed by atoms with Gasteiger partial charge >= 0.3 is 27.6 Å². The Morgan fingerprint density at radius 3 is 1.37 bits per heavy atom. The first-order valence-corrected chi connectivity index (χ1v) is 21.5. The summed E-state index contributed by atoms with van der Waals surface area (Å²) in [6.45, 7) is 6.26. The molecule has 0 aromatic carbocycles. The second-order valence-corrected chi connectivity index (χ2v) is 16.5. The topological polar surface area (TPSA) is 195 Å². The summed E-state index contributed by atoms with van der Waals surface area (Å²) in [6.07, 6.45) is 17.2. The third-order valence-electron chi connectivity index (χ3n) is 7.84. The molecule has 3 atom stereocenters. The zero-order valence-electron chi connectivity index (χ0n) is 30.6. The van der Waals surface area contributed by atoms with Crippen molar-refractivity contribution in [2.24, 2.45) is 11.8 Å². The van der Waals surface area contributed by atoms with Crippen molar-refractivity contribution >= 4 is 27.6 Å². The van der Waals surface area contributed by atoms with E-state index < -0.39 is 59.6 Å². The number of aliphatic hydroxyl groups is 1. The number of hydrogen-bond donors (Lipinski definition) is 4. The van der Waals surface area contributed by atoms with Crippen LogP contribution in [0.25, 0.3) is 0 Å². The van der Waals surface area contributed by atoms with Gasteiger partial charge in [-0.2, -0.15) is 0 Å². The lowest BCUT2D eigenvalue weighted by Crippen LogP contribution is -2.30. The van der Waals surface area contributed by atoms with Gasteiger partial charge in [0.15, 0.2) is 6.10 Å². The predicted molar refractivity (Wildman–Crippen MR) is 189 cm³/mol. The maximum Gasteiger partial charge on any atom is 0.472 e. The van der Waals surface area contributed by atoms with E-state index >= 15 is 0 Å². The Bertz CT molecular complexity index is 926. The van der Waals surface area contributed by atoms with E-state index in [2.05, 4.69) is 36.7 Å². The fourth-order valence-electron chi connectivity index (χ4n) is 5.01. The zero-order valence-corrected chi connectivity index (χ0v) is 32.4. The number of rotatable bonds is 34. The van der Waals surface area contributed by atoms with Crippen LogP contribution < -0.4 is 0 Å². The van der Waals surface area contributed by atoms with Gasteiger partial charge in [-0.25, -0.2) is 9.13 Å². The molecule has 0 aromatic rings. The molecule has 0 aliphatic heterocycles. The standard InChI is InChI=1S/C34H68O13P2/c1-29(2)21-17-13-9-5-7-11-15-19-23-33(36)43-27-32(28-46-49(41,42)45-26-31(35)25-44-48(38,39)40)47-34(37)24-20-16-12-8-6-10-14-18-22-30(3)4/h29-32,35H,5-28H2,1-4H3,(H,41,42)(H2,38,39,40)/t31-,32+/m0/s1. The van der Waals surface area contributed by atoms with Crippen molar-refractivity contribution in [3.05, 3.63) is 0 Å². The highest BCUT2D eigenvalue weighted by molar-refractivity contribution is 7.47. The maximum absolute atomic E-state index is 12.5. The molecule has 292 valence electrons. The summed E-state index contributed by atoms with van der Waals surface area (Å²) in [7, 11) is -9.64. The minimum absolute atomic E-state index is 0.135. The van der Waals surface area contributed by atoms with Crippen LogP contribution in [0.3, 0.4) is 0 Å². The van der Waals surface area contributed by atoms with E-state index in [1.165, 1.54) is 64.2 Å². The SMILES string of the molecule is CC(C)CCCCCCCCCCC(=O)OC[C@H](COP(=O)(O)OC[C@@H](O)COP(=O)(O)O)OC(=O)CCCCCCCCCCC(C)C. The quantitative estimate of drug-likeness (QED) is 0.0280. The number of esters is 2. The van der Waals surface area contributed by atoms with Crippen molar-refractivity contribution in [2.75, 3.05) is 26.4 Å². The first-order valence-electron chi connectivity index (χ1n) is 18.4. The molecule has 0 aromatic heterocycles. The molecule has 0 saturated carbocycles. The van der Waals surface area contributed by atoms with E-state index in [1.54, 1.807) is 0 Å². The average molecular weight is 747 g/mol. The number of hydrogen-bond acceptors (Lipinski definition) is 10. The summed E-state index contributed by atoms with van der Waals surface area (Å²) in [5.74, 6) is 0.454. The van der Waals surface area contributed by atoms with Crippen molar-refractivity contribution in [2.45, 2.75) is 168 Å². The second-order valence-electron chi connectivity index (χ2n) is 13.8. The lowest BCUT2D eigenvalue weighted by atomic mass is 10.0. The lowest BCUT2D eigenvalue weighted by Gasteiger charge is -2.20. The number of aliphatic hydroxyl groups excluding tert-OH is 1. The second kappa shape index (κ2) is 29.7. The Morgan fingerprint density at radius 2 is 0.918 bits per heavy atom. The highest BCUT2D eigenvalue weighted by Crippen LogP contribution is 2.43. The molecule has 0 amide bonds.